The lowest BCUT2D eigenvalue weighted by Gasteiger charge is -2.09. The van der Waals surface area contributed by atoms with E-state index in [1.807, 2.05) is 0 Å². The van der Waals surface area contributed by atoms with Crippen molar-refractivity contribution in [3.63, 3.8) is 0 Å². The maximum atomic E-state index is 13.3. The summed E-state index contributed by atoms with van der Waals surface area (Å²) in [6, 6.07) is 3.11. The first-order chi connectivity index (χ1) is 8.65. The highest BCUT2D eigenvalue weighted by atomic mass is 19.1. The van der Waals surface area contributed by atoms with E-state index in [9.17, 15) is 8.78 Å². The third-order valence-electron chi connectivity index (χ3n) is 2.68. The van der Waals surface area contributed by atoms with Crippen LogP contribution in [0.3, 0.4) is 0 Å². The van der Waals surface area contributed by atoms with Crippen LogP contribution < -0.4 is 11.1 Å². The van der Waals surface area contributed by atoms with E-state index in [0.29, 0.717) is 6.54 Å². The van der Waals surface area contributed by atoms with E-state index in [2.05, 4.69) is 10.3 Å². The molecule has 2 rings (SSSR count). The van der Waals surface area contributed by atoms with Gasteiger partial charge in [-0.3, -0.25) is 4.99 Å². The van der Waals surface area contributed by atoms with Crippen molar-refractivity contribution in [2.45, 2.75) is 18.9 Å². The van der Waals surface area contributed by atoms with Crippen molar-refractivity contribution in [2.75, 3.05) is 18.5 Å². The number of rotatable bonds is 3. The van der Waals surface area contributed by atoms with E-state index in [1.165, 1.54) is 0 Å². The van der Waals surface area contributed by atoms with Crippen molar-refractivity contribution in [3.8, 4) is 0 Å². The SMILES string of the molecule is NC(=NCC1CCCO1)Nc1cc(F)ccc1F. The van der Waals surface area contributed by atoms with Crippen LogP contribution in [0.4, 0.5) is 14.5 Å². The largest absolute Gasteiger partial charge is 0.376 e. The van der Waals surface area contributed by atoms with Gasteiger partial charge in [-0.05, 0) is 25.0 Å². The summed E-state index contributed by atoms with van der Waals surface area (Å²) in [6.45, 7) is 1.17. The first-order valence-corrected chi connectivity index (χ1v) is 5.79. The summed E-state index contributed by atoms with van der Waals surface area (Å²) in [4.78, 5) is 4.04. The Kier molecular flexibility index (Phi) is 4.09. The highest BCUT2D eigenvalue weighted by Gasteiger charge is 2.14. The van der Waals surface area contributed by atoms with Crippen molar-refractivity contribution in [2.24, 2.45) is 10.7 Å². The number of hydrogen-bond donors (Lipinski definition) is 2. The van der Waals surface area contributed by atoms with Gasteiger partial charge in [0.25, 0.3) is 0 Å². The fraction of sp³-hybridized carbons (Fsp3) is 0.417. The zero-order valence-corrected chi connectivity index (χ0v) is 9.83. The van der Waals surface area contributed by atoms with E-state index < -0.39 is 11.6 Å². The lowest BCUT2D eigenvalue weighted by atomic mass is 10.2. The zero-order chi connectivity index (χ0) is 13.0. The molecule has 0 aliphatic carbocycles. The lowest BCUT2D eigenvalue weighted by molar-refractivity contribution is 0.118. The minimum atomic E-state index is -0.577. The molecule has 1 aromatic carbocycles. The van der Waals surface area contributed by atoms with Crippen LogP contribution in [0.5, 0.6) is 0 Å². The molecule has 1 aliphatic rings. The second-order valence-corrected chi connectivity index (χ2v) is 4.11. The second-order valence-electron chi connectivity index (χ2n) is 4.11. The molecule has 1 aromatic rings. The maximum absolute atomic E-state index is 13.3. The minimum absolute atomic E-state index is 0.0245. The summed E-state index contributed by atoms with van der Waals surface area (Å²) in [7, 11) is 0. The molecule has 6 heteroatoms. The number of ether oxygens (including phenoxy) is 1. The molecule has 0 saturated carbocycles. The van der Waals surface area contributed by atoms with Crippen LogP contribution >= 0.6 is 0 Å². The predicted molar refractivity (Wildman–Crippen MR) is 65.4 cm³/mol. The summed E-state index contributed by atoms with van der Waals surface area (Å²) in [5.41, 5.74) is 5.57. The molecule has 0 aromatic heterocycles. The van der Waals surface area contributed by atoms with Crippen molar-refractivity contribution in [3.05, 3.63) is 29.8 Å². The molecule has 1 fully saturated rings. The Morgan fingerprint density at radius 2 is 2.33 bits per heavy atom. The fourth-order valence-electron chi connectivity index (χ4n) is 1.76. The van der Waals surface area contributed by atoms with Crippen molar-refractivity contribution < 1.29 is 13.5 Å². The summed E-state index contributed by atoms with van der Waals surface area (Å²) in [5.74, 6) is -1.06. The monoisotopic (exact) mass is 255 g/mol. The van der Waals surface area contributed by atoms with Gasteiger partial charge in [0.2, 0.25) is 0 Å². The van der Waals surface area contributed by atoms with Gasteiger partial charge in [0.05, 0.1) is 18.3 Å². The van der Waals surface area contributed by atoms with Crippen molar-refractivity contribution in [1.82, 2.24) is 0 Å². The third-order valence-corrected chi connectivity index (χ3v) is 2.68. The van der Waals surface area contributed by atoms with Crippen LogP contribution in [0.25, 0.3) is 0 Å². The topological polar surface area (TPSA) is 59.6 Å². The van der Waals surface area contributed by atoms with E-state index in [0.717, 1.165) is 37.6 Å². The first-order valence-electron chi connectivity index (χ1n) is 5.79. The summed E-state index contributed by atoms with van der Waals surface area (Å²) in [6.07, 6.45) is 2.04. The van der Waals surface area contributed by atoms with Crippen molar-refractivity contribution >= 4 is 11.6 Å². The quantitative estimate of drug-likeness (QED) is 0.640. The van der Waals surface area contributed by atoms with Gasteiger partial charge in [0.15, 0.2) is 5.96 Å². The van der Waals surface area contributed by atoms with Gasteiger partial charge in [-0.1, -0.05) is 0 Å². The van der Waals surface area contributed by atoms with Gasteiger partial charge in [0, 0.05) is 12.7 Å². The standard InChI is InChI=1S/C12H15F2N3O/c13-8-3-4-10(14)11(6-8)17-12(15)16-7-9-2-1-5-18-9/h3-4,6,9H,1-2,5,7H2,(H3,15,16,17). The Morgan fingerprint density at radius 1 is 1.50 bits per heavy atom. The molecule has 1 saturated heterocycles. The summed E-state index contributed by atoms with van der Waals surface area (Å²) < 4.78 is 31.6. The molecule has 0 spiro atoms. The van der Waals surface area contributed by atoms with Crippen LogP contribution in [0.1, 0.15) is 12.8 Å². The molecular weight excluding hydrogens is 240 g/mol. The Hall–Kier alpha value is -1.69. The summed E-state index contributed by atoms with van der Waals surface area (Å²) >= 11 is 0. The Bertz CT molecular complexity index is 445. The smallest absolute Gasteiger partial charge is 0.193 e. The number of hydrogen-bond acceptors (Lipinski definition) is 2. The number of anilines is 1. The van der Waals surface area contributed by atoms with Crippen LogP contribution in [-0.4, -0.2) is 25.2 Å². The van der Waals surface area contributed by atoms with Gasteiger partial charge in [-0.15, -0.1) is 0 Å². The Morgan fingerprint density at radius 3 is 3.06 bits per heavy atom. The van der Waals surface area contributed by atoms with Gasteiger partial charge in [-0.25, -0.2) is 8.78 Å². The molecule has 0 amide bonds. The van der Waals surface area contributed by atoms with Gasteiger partial charge in [-0.2, -0.15) is 0 Å². The molecule has 18 heavy (non-hydrogen) atoms. The van der Waals surface area contributed by atoms with Crippen molar-refractivity contribution in [1.29, 1.82) is 0 Å². The summed E-state index contributed by atoms with van der Waals surface area (Å²) in [5, 5.41) is 2.53. The number of nitrogens with zero attached hydrogens (tertiary/aromatic N) is 1. The highest BCUT2D eigenvalue weighted by Crippen LogP contribution is 2.15. The first kappa shape index (κ1) is 12.8. The van der Waals surface area contributed by atoms with E-state index in [4.69, 9.17) is 10.5 Å². The van der Waals surface area contributed by atoms with E-state index in [-0.39, 0.29) is 17.8 Å². The normalized spacial score (nSPS) is 20.1. The molecule has 1 heterocycles. The highest BCUT2D eigenvalue weighted by molar-refractivity contribution is 5.92. The van der Waals surface area contributed by atoms with Crippen LogP contribution in [0.15, 0.2) is 23.2 Å². The number of benzene rings is 1. The van der Waals surface area contributed by atoms with E-state index in [1.54, 1.807) is 0 Å². The van der Waals surface area contributed by atoms with Crippen LogP contribution in [0, 0.1) is 11.6 Å². The molecule has 1 unspecified atom stereocenters. The van der Waals surface area contributed by atoms with Crippen LogP contribution in [-0.2, 0) is 4.74 Å². The Labute approximate surface area is 104 Å². The Balaban J connectivity index is 1.94. The lowest BCUT2D eigenvalue weighted by Crippen LogP contribution is -2.25. The average molecular weight is 255 g/mol. The van der Waals surface area contributed by atoms with Crippen LogP contribution in [0.2, 0.25) is 0 Å². The molecule has 3 N–H and O–H groups in total. The third kappa shape index (κ3) is 3.40. The van der Waals surface area contributed by atoms with E-state index >= 15 is 0 Å². The molecular formula is C12H15F2N3O. The van der Waals surface area contributed by atoms with Gasteiger partial charge in [0.1, 0.15) is 11.6 Å². The molecule has 1 atom stereocenters. The number of nitrogens with two attached hydrogens (primary N) is 1. The second kappa shape index (κ2) is 5.77. The molecule has 1 aliphatic heterocycles. The average Bonchev–Trinajstić information content (AvgIpc) is 2.84. The predicted octanol–water partition coefficient (Wildman–Crippen LogP) is 1.87. The fourth-order valence-corrected chi connectivity index (χ4v) is 1.76. The number of halogens is 2. The minimum Gasteiger partial charge on any atom is -0.376 e. The van der Waals surface area contributed by atoms with Gasteiger partial charge < -0.3 is 15.8 Å². The molecule has 0 bridgehead atoms. The molecule has 98 valence electrons. The molecule has 0 radical (unpaired) electrons. The zero-order valence-electron chi connectivity index (χ0n) is 9.83. The molecule has 4 nitrogen and oxygen atoms in total. The maximum Gasteiger partial charge on any atom is 0.193 e. The number of nitrogens with one attached hydrogen (secondary N) is 1. The van der Waals surface area contributed by atoms with Gasteiger partial charge >= 0.3 is 0 Å². The number of guanidine groups is 1. The number of aliphatic imine (C=N–C) groups is 1.